The number of hydrogen-bond acceptors (Lipinski definition) is 2. The maximum Gasteiger partial charge on any atom is 0.0771 e. The van der Waals surface area contributed by atoms with Crippen LogP contribution in [0.2, 0.25) is 0 Å². The third-order valence-corrected chi connectivity index (χ3v) is 4.34. The normalized spacial score (nSPS) is 35.6. The first-order valence-corrected chi connectivity index (χ1v) is 6.65. The molecule has 0 spiro atoms. The van der Waals surface area contributed by atoms with Gasteiger partial charge in [-0.15, -0.1) is 0 Å². The molecule has 0 aromatic rings. The van der Waals surface area contributed by atoms with Crippen LogP contribution in [0.25, 0.3) is 0 Å². The zero-order valence-corrected chi connectivity index (χ0v) is 9.97. The summed E-state index contributed by atoms with van der Waals surface area (Å²) in [6, 6.07) is 0.663. The van der Waals surface area contributed by atoms with Gasteiger partial charge in [-0.05, 0) is 31.6 Å². The van der Waals surface area contributed by atoms with Gasteiger partial charge in [0.15, 0.2) is 0 Å². The van der Waals surface area contributed by atoms with E-state index in [4.69, 9.17) is 0 Å². The van der Waals surface area contributed by atoms with Gasteiger partial charge < -0.3 is 10.4 Å². The first-order chi connectivity index (χ1) is 7.20. The largest absolute Gasteiger partial charge is 0.389 e. The van der Waals surface area contributed by atoms with Gasteiger partial charge in [0.25, 0.3) is 0 Å². The molecule has 15 heavy (non-hydrogen) atoms. The van der Waals surface area contributed by atoms with Crippen LogP contribution in [0.15, 0.2) is 0 Å². The van der Waals surface area contributed by atoms with Crippen molar-refractivity contribution in [1.82, 2.24) is 5.32 Å². The second kappa shape index (κ2) is 4.84. The lowest BCUT2D eigenvalue weighted by Gasteiger charge is -2.34. The number of rotatable bonds is 3. The predicted molar refractivity (Wildman–Crippen MR) is 62.8 cm³/mol. The summed E-state index contributed by atoms with van der Waals surface area (Å²) in [4.78, 5) is 0. The van der Waals surface area contributed by atoms with E-state index in [0.29, 0.717) is 6.04 Å². The van der Waals surface area contributed by atoms with Gasteiger partial charge in [0.1, 0.15) is 0 Å². The fourth-order valence-corrected chi connectivity index (χ4v) is 3.16. The van der Waals surface area contributed by atoms with E-state index in [9.17, 15) is 5.11 Å². The van der Waals surface area contributed by atoms with Crippen LogP contribution in [-0.2, 0) is 0 Å². The number of hydrogen-bond donors (Lipinski definition) is 2. The highest BCUT2D eigenvalue weighted by atomic mass is 16.3. The Morgan fingerprint density at radius 3 is 2.47 bits per heavy atom. The van der Waals surface area contributed by atoms with Crippen molar-refractivity contribution in [2.75, 3.05) is 6.54 Å². The molecule has 2 saturated carbocycles. The molecule has 88 valence electrons. The second-order valence-corrected chi connectivity index (χ2v) is 5.68. The van der Waals surface area contributed by atoms with Gasteiger partial charge in [-0.3, -0.25) is 0 Å². The van der Waals surface area contributed by atoms with Gasteiger partial charge in [-0.1, -0.05) is 32.6 Å². The molecule has 2 atom stereocenters. The molecule has 0 bridgehead atoms. The van der Waals surface area contributed by atoms with Crippen LogP contribution in [0.4, 0.5) is 0 Å². The molecule has 2 rings (SSSR count). The maximum atomic E-state index is 10.4. The molecule has 2 aliphatic carbocycles. The van der Waals surface area contributed by atoms with Crippen LogP contribution in [-0.4, -0.2) is 23.3 Å². The zero-order valence-electron chi connectivity index (χ0n) is 9.97. The van der Waals surface area contributed by atoms with E-state index < -0.39 is 0 Å². The summed E-state index contributed by atoms with van der Waals surface area (Å²) in [6.45, 7) is 3.15. The minimum Gasteiger partial charge on any atom is -0.389 e. The fourth-order valence-electron chi connectivity index (χ4n) is 3.16. The summed E-state index contributed by atoms with van der Waals surface area (Å²) in [5.41, 5.74) is -0.388. The van der Waals surface area contributed by atoms with Gasteiger partial charge in [0.2, 0.25) is 0 Å². The molecule has 0 saturated heterocycles. The Morgan fingerprint density at radius 1 is 1.13 bits per heavy atom. The summed E-state index contributed by atoms with van der Waals surface area (Å²) in [7, 11) is 0. The average Bonchev–Trinajstić information content (AvgIpc) is 2.62. The molecule has 2 N–H and O–H groups in total. The number of aliphatic hydroxyl groups is 1. The van der Waals surface area contributed by atoms with Crippen molar-refractivity contribution >= 4 is 0 Å². The first-order valence-electron chi connectivity index (χ1n) is 6.65. The zero-order chi connectivity index (χ0) is 10.7. The predicted octanol–water partition coefficient (Wildman–Crippen LogP) is 2.46. The molecule has 0 amide bonds. The van der Waals surface area contributed by atoms with Crippen LogP contribution in [0.1, 0.15) is 58.3 Å². The van der Waals surface area contributed by atoms with Crippen molar-refractivity contribution in [2.24, 2.45) is 5.92 Å². The van der Waals surface area contributed by atoms with E-state index in [-0.39, 0.29) is 5.60 Å². The minimum atomic E-state index is -0.388. The summed E-state index contributed by atoms with van der Waals surface area (Å²) in [6.07, 6.45) is 9.74. The molecular formula is C13H25NO. The molecule has 0 aromatic carbocycles. The summed E-state index contributed by atoms with van der Waals surface area (Å²) in [5.74, 6) is 0.803. The van der Waals surface area contributed by atoms with Gasteiger partial charge in [0.05, 0.1) is 5.60 Å². The molecule has 0 aliphatic heterocycles. The van der Waals surface area contributed by atoms with Gasteiger partial charge in [-0.25, -0.2) is 0 Å². The molecule has 2 aliphatic rings. The molecule has 0 heterocycles. The molecule has 2 heteroatoms. The lowest BCUT2D eigenvalue weighted by Crippen LogP contribution is -2.46. The lowest BCUT2D eigenvalue weighted by atomic mass is 9.84. The summed E-state index contributed by atoms with van der Waals surface area (Å²) < 4.78 is 0. The third kappa shape index (κ3) is 2.94. The van der Waals surface area contributed by atoms with Crippen molar-refractivity contribution < 1.29 is 5.11 Å². The highest BCUT2D eigenvalue weighted by Gasteiger charge is 2.31. The van der Waals surface area contributed by atoms with Gasteiger partial charge in [-0.2, -0.15) is 0 Å². The van der Waals surface area contributed by atoms with E-state index in [2.05, 4.69) is 12.2 Å². The van der Waals surface area contributed by atoms with Gasteiger partial charge in [0, 0.05) is 12.6 Å². The maximum absolute atomic E-state index is 10.4. The van der Waals surface area contributed by atoms with Crippen molar-refractivity contribution in [3.63, 3.8) is 0 Å². The Kier molecular flexibility index (Phi) is 3.68. The third-order valence-electron chi connectivity index (χ3n) is 4.34. The highest BCUT2D eigenvalue weighted by molar-refractivity contribution is 4.88. The molecule has 2 fully saturated rings. The monoisotopic (exact) mass is 211 g/mol. The van der Waals surface area contributed by atoms with E-state index in [1.54, 1.807) is 0 Å². The van der Waals surface area contributed by atoms with E-state index >= 15 is 0 Å². The second-order valence-electron chi connectivity index (χ2n) is 5.68. The van der Waals surface area contributed by atoms with E-state index in [1.807, 2.05) is 0 Å². The van der Waals surface area contributed by atoms with Crippen LogP contribution in [0.5, 0.6) is 0 Å². The molecule has 0 aromatic heterocycles. The van der Waals surface area contributed by atoms with Crippen molar-refractivity contribution in [2.45, 2.75) is 69.9 Å². The average molecular weight is 211 g/mol. The topological polar surface area (TPSA) is 32.3 Å². The Morgan fingerprint density at radius 2 is 1.87 bits per heavy atom. The van der Waals surface area contributed by atoms with Crippen molar-refractivity contribution in [1.29, 1.82) is 0 Å². The Bertz CT molecular complexity index is 199. The summed E-state index contributed by atoms with van der Waals surface area (Å²) >= 11 is 0. The van der Waals surface area contributed by atoms with Crippen molar-refractivity contribution in [3.05, 3.63) is 0 Å². The SMILES string of the molecule is C[C@@H]1CCC[C@H]1NCC1(O)CCCCC1. The van der Waals surface area contributed by atoms with Gasteiger partial charge >= 0.3 is 0 Å². The van der Waals surface area contributed by atoms with Crippen molar-refractivity contribution in [3.8, 4) is 0 Å². The van der Waals surface area contributed by atoms with E-state index in [0.717, 1.165) is 25.3 Å². The standard InChI is InChI=1S/C13H25NO/c1-11-6-5-7-12(11)14-10-13(15)8-3-2-4-9-13/h11-12,14-15H,2-10H2,1H3/t11-,12-/m1/s1. The fraction of sp³-hybridized carbons (Fsp3) is 1.00. The minimum absolute atomic E-state index is 0.388. The van der Waals surface area contributed by atoms with Crippen LogP contribution >= 0.6 is 0 Å². The Labute approximate surface area is 93.5 Å². The Balaban J connectivity index is 1.76. The number of nitrogens with one attached hydrogen (secondary N) is 1. The highest BCUT2D eigenvalue weighted by Crippen LogP contribution is 2.29. The molecule has 2 nitrogen and oxygen atoms in total. The first kappa shape index (κ1) is 11.4. The molecule has 0 unspecified atom stereocenters. The Hall–Kier alpha value is -0.0800. The van der Waals surface area contributed by atoms with Crippen LogP contribution in [0, 0.1) is 5.92 Å². The molecule has 0 radical (unpaired) electrons. The molecular weight excluding hydrogens is 186 g/mol. The smallest absolute Gasteiger partial charge is 0.0771 e. The summed E-state index contributed by atoms with van der Waals surface area (Å²) in [5, 5.41) is 13.9. The van der Waals surface area contributed by atoms with E-state index in [1.165, 1.54) is 38.5 Å². The van der Waals surface area contributed by atoms with Crippen LogP contribution in [0.3, 0.4) is 0 Å². The lowest BCUT2D eigenvalue weighted by molar-refractivity contribution is 0.00187. The quantitative estimate of drug-likeness (QED) is 0.751. The van der Waals surface area contributed by atoms with Crippen LogP contribution < -0.4 is 5.32 Å².